The van der Waals surface area contributed by atoms with Gasteiger partial charge < -0.3 is 15.4 Å². The molecule has 0 bridgehead atoms. The van der Waals surface area contributed by atoms with Gasteiger partial charge in [-0.2, -0.15) is 0 Å². The predicted octanol–water partition coefficient (Wildman–Crippen LogP) is 0.685. The number of nitrogens with one attached hydrogen (secondary N) is 3. The van der Waals surface area contributed by atoms with Crippen LogP contribution in [0.3, 0.4) is 0 Å². The fraction of sp³-hybridized carbons (Fsp3) is 0.533. The molecule has 0 spiro atoms. The van der Waals surface area contributed by atoms with Crippen LogP contribution in [0.4, 0.5) is 0 Å². The van der Waals surface area contributed by atoms with Crippen molar-refractivity contribution in [3.05, 3.63) is 29.8 Å². The van der Waals surface area contributed by atoms with Gasteiger partial charge in [0.05, 0.1) is 18.0 Å². The fourth-order valence-corrected chi connectivity index (χ4v) is 2.74. The van der Waals surface area contributed by atoms with Crippen molar-refractivity contribution < 1.29 is 13.2 Å². The third kappa shape index (κ3) is 6.55. The summed E-state index contributed by atoms with van der Waals surface area (Å²) in [5.41, 5.74) is 0.818. The molecule has 0 aliphatic rings. The van der Waals surface area contributed by atoms with E-state index in [1.165, 1.54) is 7.05 Å². The Morgan fingerprint density at radius 1 is 1.39 bits per heavy atom. The number of benzene rings is 1. The first kappa shape index (κ1) is 19.4. The van der Waals surface area contributed by atoms with Gasteiger partial charge in [-0.1, -0.05) is 12.1 Å². The molecule has 0 radical (unpaired) electrons. The number of guanidine groups is 1. The molecule has 0 saturated heterocycles. The van der Waals surface area contributed by atoms with E-state index in [4.69, 9.17) is 4.74 Å². The molecule has 8 heteroatoms. The molecule has 1 aromatic rings. The molecule has 1 unspecified atom stereocenters. The van der Waals surface area contributed by atoms with Crippen molar-refractivity contribution in [2.24, 2.45) is 4.99 Å². The van der Waals surface area contributed by atoms with E-state index in [9.17, 15) is 8.42 Å². The normalized spacial score (nSPS) is 13.7. The maximum atomic E-state index is 11.8. The molecule has 1 atom stereocenters. The second kappa shape index (κ2) is 9.49. The van der Waals surface area contributed by atoms with Crippen molar-refractivity contribution in [1.29, 1.82) is 0 Å². The Balaban J connectivity index is 2.85. The van der Waals surface area contributed by atoms with Gasteiger partial charge in [0.1, 0.15) is 0 Å². The number of hydrogen-bond donors (Lipinski definition) is 3. The Kier molecular flexibility index (Phi) is 8.01. The van der Waals surface area contributed by atoms with E-state index in [-0.39, 0.29) is 10.9 Å². The highest BCUT2D eigenvalue weighted by Crippen LogP contribution is 2.11. The summed E-state index contributed by atoms with van der Waals surface area (Å²) in [6.45, 7) is 5.66. The summed E-state index contributed by atoms with van der Waals surface area (Å²) in [6.07, 6.45) is 0. The van der Waals surface area contributed by atoms with E-state index in [1.54, 1.807) is 25.3 Å². The summed E-state index contributed by atoms with van der Waals surface area (Å²) in [7, 11) is -0.400. The van der Waals surface area contributed by atoms with Gasteiger partial charge in [-0.3, -0.25) is 0 Å². The lowest BCUT2D eigenvalue weighted by molar-refractivity contribution is 0.179. The standard InChI is InChI=1S/C15H26N4O3S/c1-5-17-15(19-12(2)11-22-4)18-10-13-7-6-8-14(9-13)23(20,21)16-3/h6-9,12,16H,5,10-11H2,1-4H3,(H2,17,18,19). The molecule has 0 fully saturated rings. The zero-order chi connectivity index (χ0) is 17.3. The Hall–Kier alpha value is -1.64. The maximum Gasteiger partial charge on any atom is 0.240 e. The van der Waals surface area contributed by atoms with E-state index < -0.39 is 10.0 Å². The smallest absolute Gasteiger partial charge is 0.240 e. The SMILES string of the molecule is CCNC(=NCc1cccc(S(=O)(=O)NC)c1)NC(C)COC. The molecule has 130 valence electrons. The highest BCUT2D eigenvalue weighted by Gasteiger charge is 2.11. The Labute approximate surface area is 138 Å². The zero-order valence-electron chi connectivity index (χ0n) is 14.1. The molecule has 0 aliphatic carbocycles. The van der Waals surface area contributed by atoms with Crippen molar-refractivity contribution in [2.75, 3.05) is 27.3 Å². The molecular formula is C15H26N4O3S. The van der Waals surface area contributed by atoms with Crippen molar-refractivity contribution in [1.82, 2.24) is 15.4 Å². The molecule has 23 heavy (non-hydrogen) atoms. The van der Waals surface area contributed by atoms with Crippen LogP contribution in [0.15, 0.2) is 34.2 Å². The van der Waals surface area contributed by atoms with Gasteiger partial charge in [0.25, 0.3) is 0 Å². The van der Waals surface area contributed by atoms with Crippen molar-refractivity contribution in [3.63, 3.8) is 0 Å². The lowest BCUT2D eigenvalue weighted by Crippen LogP contribution is -2.43. The Morgan fingerprint density at radius 3 is 2.74 bits per heavy atom. The molecule has 0 amide bonds. The fourth-order valence-electron chi connectivity index (χ4n) is 1.94. The molecular weight excluding hydrogens is 316 g/mol. The van der Waals surface area contributed by atoms with Crippen LogP contribution < -0.4 is 15.4 Å². The topological polar surface area (TPSA) is 91.8 Å². The van der Waals surface area contributed by atoms with E-state index in [0.717, 1.165) is 12.1 Å². The van der Waals surface area contributed by atoms with Crippen LogP contribution in [0.2, 0.25) is 0 Å². The number of aliphatic imine (C=N–C) groups is 1. The van der Waals surface area contributed by atoms with Gasteiger partial charge in [0.2, 0.25) is 10.0 Å². The quantitative estimate of drug-likeness (QED) is 0.477. The first-order chi connectivity index (χ1) is 10.9. The van der Waals surface area contributed by atoms with Crippen LogP contribution in [-0.4, -0.2) is 47.7 Å². The zero-order valence-corrected chi connectivity index (χ0v) is 14.9. The summed E-state index contributed by atoms with van der Waals surface area (Å²) < 4.78 is 31.1. The summed E-state index contributed by atoms with van der Waals surface area (Å²) in [5.74, 6) is 0.666. The van der Waals surface area contributed by atoms with E-state index in [0.29, 0.717) is 19.1 Å². The van der Waals surface area contributed by atoms with Crippen LogP contribution in [0.25, 0.3) is 0 Å². The largest absolute Gasteiger partial charge is 0.383 e. The number of rotatable bonds is 8. The van der Waals surface area contributed by atoms with Crippen molar-refractivity contribution in [2.45, 2.75) is 31.3 Å². The number of hydrogen-bond acceptors (Lipinski definition) is 4. The number of methoxy groups -OCH3 is 1. The van der Waals surface area contributed by atoms with Gasteiger partial charge in [0.15, 0.2) is 5.96 Å². The third-order valence-corrected chi connectivity index (χ3v) is 4.45. The monoisotopic (exact) mass is 342 g/mol. The lowest BCUT2D eigenvalue weighted by Gasteiger charge is -2.17. The molecule has 0 heterocycles. The average Bonchev–Trinajstić information content (AvgIpc) is 2.53. The van der Waals surface area contributed by atoms with Gasteiger partial charge in [0, 0.05) is 19.7 Å². The number of sulfonamides is 1. The minimum Gasteiger partial charge on any atom is -0.383 e. The summed E-state index contributed by atoms with van der Waals surface area (Å²) in [5, 5.41) is 6.38. The molecule has 7 nitrogen and oxygen atoms in total. The highest BCUT2D eigenvalue weighted by molar-refractivity contribution is 7.89. The first-order valence-electron chi connectivity index (χ1n) is 7.49. The maximum absolute atomic E-state index is 11.8. The molecule has 0 aliphatic heterocycles. The van der Waals surface area contributed by atoms with Gasteiger partial charge >= 0.3 is 0 Å². The van der Waals surface area contributed by atoms with E-state index >= 15 is 0 Å². The predicted molar refractivity (Wildman–Crippen MR) is 92.0 cm³/mol. The van der Waals surface area contributed by atoms with Gasteiger partial charge in [-0.15, -0.1) is 0 Å². The third-order valence-electron chi connectivity index (χ3n) is 3.04. The molecule has 1 rings (SSSR count). The van der Waals surface area contributed by atoms with Gasteiger partial charge in [-0.25, -0.2) is 18.1 Å². The second-order valence-electron chi connectivity index (χ2n) is 5.05. The molecule has 1 aromatic carbocycles. The van der Waals surface area contributed by atoms with Crippen molar-refractivity contribution >= 4 is 16.0 Å². The van der Waals surface area contributed by atoms with Crippen LogP contribution in [-0.2, 0) is 21.3 Å². The minimum atomic E-state index is -3.44. The summed E-state index contributed by atoms with van der Waals surface area (Å²) in [4.78, 5) is 4.71. The average molecular weight is 342 g/mol. The van der Waals surface area contributed by atoms with Gasteiger partial charge in [-0.05, 0) is 38.6 Å². The second-order valence-corrected chi connectivity index (χ2v) is 6.94. The Morgan fingerprint density at radius 2 is 2.13 bits per heavy atom. The van der Waals surface area contributed by atoms with Crippen LogP contribution in [0.1, 0.15) is 19.4 Å². The molecule has 0 saturated carbocycles. The first-order valence-corrected chi connectivity index (χ1v) is 8.97. The van der Waals surface area contributed by atoms with E-state index in [1.807, 2.05) is 19.9 Å². The van der Waals surface area contributed by atoms with Crippen LogP contribution >= 0.6 is 0 Å². The minimum absolute atomic E-state index is 0.119. The summed E-state index contributed by atoms with van der Waals surface area (Å²) >= 11 is 0. The van der Waals surface area contributed by atoms with E-state index in [2.05, 4.69) is 20.3 Å². The van der Waals surface area contributed by atoms with Crippen LogP contribution in [0, 0.1) is 0 Å². The molecule has 3 N–H and O–H groups in total. The number of ether oxygens (including phenoxy) is 1. The summed E-state index contributed by atoms with van der Waals surface area (Å²) in [6, 6.07) is 6.86. The Bertz CT molecular complexity index is 617. The van der Waals surface area contributed by atoms with Crippen LogP contribution in [0.5, 0.6) is 0 Å². The van der Waals surface area contributed by atoms with Crippen molar-refractivity contribution in [3.8, 4) is 0 Å². The molecule has 0 aromatic heterocycles. The number of nitrogens with zero attached hydrogens (tertiary/aromatic N) is 1. The lowest BCUT2D eigenvalue weighted by atomic mass is 10.2. The highest BCUT2D eigenvalue weighted by atomic mass is 32.2.